The van der Waals surface area contributed by atoms with Crippen LogP contribution in [0, 0.1) is 41.4 Å². The molecule has 4 atom stereocenters. The summed E-state index contributed by atoms with van der Waals surface area (Å²) in [6.45, 7) is 10.6. The van der Waals surface area contributed by atoms with Gasteiger partial charge >= 0.3 is 0 Å². The Morgan fingerprint density at radius 3 is 2.28 bits per heavy atom. The molecular formula is C16H28O2. The fourth-order valence-corrected chi connectivity index (χ4v) is 3.93. The summed E-state index contributed by atoms with van der Waals surface area (Å²) in [6, 6.07) is 0. The zero-order chi connectivity index (χ0) is 14.1. The van der Waals surface area contributed by atoms with Gasteiger partial charge in [-0.05, 0) is 29.6 Å². The highest BCUT2D eigenvalue weighted by Gasteiger charge is 2.56. The van der Waals surface area contributed by atoms with Crippen molar-refractivity contribution in [2.24, 2.45) is 29.1 Å². The minimum atomic E-state index is -0.784. The van der Waals surface area contributed by atoms with E-state index in [4.69, 9.17) is 6.42 Å². The van der Waals surface area contributed by atoms with Crippen molar-refractivity contribution >= 4 is 0 Å². The maximum atomic E-state index is 10.9. The van der Waals surface area contributed by atoms with Crippen molar-refractivity contribution in [3.05, 3.63) is 0 Å². The molecule has 104 valence electrons. The van der Waals surface area contributed by atoms with Gasteiger partial charge in [-0.25, -0.2) is 0 Å². The van der Waals surface area contributed by atoms with Crippen LogP contribution in [0.25, 0.3) is 0 Å². The van der Waals surface area contributed by atoms with Gasteiger partial charge < -0.3 is 10.2 Å². The molecule has 0 heterocycles. The number of terminal acetylenes is 1. The summed E-state index contributed by atoms with van der Waals surface area (Å²) in [5.41, 5.74) is -0.734. The molecule has 1 rings (SSSR count). The van der Waals surface area contributed by atoms with Crippen molar-refractivity contribution in [1.82, 2.24) is 0 Å². The Balaban J connectivity index is 3.15. The monoisotopic (exact) mass is 252 g/mol. The predicted molar refractivity (Wildman–Crippen MR) is 74.9 cm³/mol. The summed E-state index contributed by atoms with van der Waals surface area (Å²) in [5.74, 6) is 3.38. The van der Waals surface area contributed by atoms with Crippen LogP contribution in [0.4, 0.5) is 0 Å². The van der Waals surface area contributed by atoms with E-state index in [1.807, 2.05) is 13.8 Å². The van der Waals surface area contributed by atoms with Crippen molar-refractivity contribution in [3.63, 3.8) is 0 Å². The van der Waals surface area contributed by atoms with Crippen LogP contribution in [-0.2, 0) is 0 Å². The van der Waals surface area contributed by atoms with E-state index in [0.29, 0.717) is 18.8 Å². The number of hydrogen-bond donors (Lipinski definition) is 2. The van der Waals surface area contributed by atoms with Crippen LogP contribution in [-0.4, -0.2) is 22.4 Å². The molecule has 0 aromatic heterocycles. The van der Waals surface area contributed by atoms with E-state index in [2.05, 4.69) is 26.7 Å². The molecule has 0 aromatic rings. The average Bonchev–Trinajstić information content (AvgIpc) is 2.52. The van der Waals surface area contributed by atoms with Gasteiger partial charge in [0.2, 0.25) is 0 Å². The molecule has 0 aromatic carbocycles. The number of hydrogen-bond acceptors (Lipinski definition) is 2. The fourth-order valence-electron chi connectivity index (χ4n) is 3.93. The van der Waals surface area contributed by atoms with Crippen molar-refractivity contribution in [2.75, 3.05) is 6.61 Å². The normalized spacial score (nSPS) is 36.9. The SMILES string of the molecule is C#CC[C@H]1C[C@@](O)(C(C)C)[C@H](CO)[C@@H]1C(C)(C)C. The highest BCUT2D eigenvalue weighted by atomic mass is 16.3. The molecule has 0 unspecified atom stereocenters. The van der Waals surface area contributed by atoms with E-state index in [0.717, 1.165) is 0 Å². The smallest absolute Gasteiger partial charge is 0.0726 e. The summed E-state index contributed by atoms with van der Waals surface area (Å²) >= 11 is 0. The minimum Gasteiger partial charge on any atom is -0.396 e. The van der Waals surface area contributed by atoms with Crippen LogP contribution < -0.4 is 0 Å². The average molecular weight is 252 g/mol. The lowest BCUT2D eigenvalue weighted by Gasteiger charge is -2.40. The Kier molecular flexibility index (Phi) is 4.51. The third-order valence-electron chi connectivity index (χ3n) is 4.75. The van der Waals surface area contributed by atoms with Crippen molar-refractivity contribution < 1.29 is 10.2 Å². The summed E-state index contributed by atoms with van der Waals surface area (Å²) < 4.78 is 0. The zero-order valence-electron chi connectivity index (χ0n) is 12.4. The van der Waals surface area contributed by atoms with E-state index >= 15 is 0 Å². The van der Waals surface area contributed by atoms with Crippen LogP contribution in [0.3, 0.4) is 0 Å². The van der Waals surface area contributed by atoms with E-state index in [1.54, 1.807) is 0 Å². The summed E-state index contributed by atoms with van der Waals surface area (Å²) in [4.78, 5) is 0. The third kappa shape index (κ3) is 2.58. The van der Waals surface area contributed by atoms with Gasteiger partial charge in [-0.2, -0.15) is 0 Å². The molecule has 18 heavy (non-hydrogen) atoms. The molecule has 1 aliphatic carbocycles. The molecule has 0 aliphatic heterocycles. The fraction of sp³-hybridized carbons (Fsp3) is 0.875. The van der Waals surface area contributed by atoms with Gasteiger partial charge in [-0.3, -0.25) is 0 Å². The third-order valence-corrected chi connectivity index (χ3v) is 4.75. The summed E-state index contributed by atoms with van der Waals surface area (Å²) in [6.07, 6.45) is 6.87. The molecule has 0 bridgehead atoms. The van der Waals surface area contributed by atoms with Crippen molar-refractivity contribution in [3.8, 4) is 12.3 Å². The maximum Gasteiger partial charge on any atom is 0.0726 e. The molecule has 2 heteroatoms. The highest BCUT2D eigenvalue weighted by molar-refractivity contribution is 5.08. The first-order valence-corrected chi connectivity index (χ1v) is 6.95. The van der Waals surface area contributed by atoms with Gasteiger partial charge in [0, 0.05) is 18.9 Å². The zero-order valence-corrected chi connectivity index (χ0v) is 12.4. The Hall–Kier alpha value is -0.520. The van der Waals surface area contributed by atoms with Crippen LogP contribution in [0.5, 0.6) is 0 Å². The number of aliphatic hydroxyl groups excluding tert-OH is 1. The Morgan fingerprint density at radius 2 is 1.94 bits per heavy atom. The molecular weight excluding hydrogens is 224 g/mol. The Bertz CT molecular complexity index is 321. The molecule has 1 saturated carbocycles. The van der Waals surface area contributed by atoms with Crippen molar-refractivity contribution in [1.29, 1.82) is 0 Å². The largest absolute Gasteiger partial charge is 0.396 e. The van der Waals surface area contributed by atoms with Gasteiger partial charge in [0.25, 0.3) is 0 Å². The van der Waals surface area contributed by atoms with Crippen LogP contribution in [0.15, 0.2) is 0 Å². The molecule has 0 radical (unpaired) electrons. The quantitative estimate of drug-likeness (QED) is 0.758. The first-order chi connectivity index (χ1) is 8.18. The van der Waals surface area contributed by atoms with Crippen LogP contribution >= 0.6 is 0 Å². The molecule has 0 amide bonds. The molecule has 2 N–H and O–H groups in total. The van der Waals surface area contributed by atoms with Crippen molar-refractivity contribution in [2.45, 2.75) is 53.1 Å². The second kappa shape index (κ2) is 5.23. The van der Waals surface area contributed by atoms with Gasteiger partial charge in [0.1, 0.15) is 0 Å². The highest BCUT2D eigenvalue weighted by Crippen LogP contribution is 2.55. The number of aliphatic hydroxyl groups is 2. The molecule has 0 saturated heterocycles. The topological polar surface area (TPSA) is 40.5 Å². The second-order valence-corrected chi connectivity index (χ2v) is 7.20. The standard InChI is InChI=1S/C16H28O2/c1-7-8-12-9-16(18,11(2)3)13(10-17)14(12)15(4,5)6/h1,11-14,17-18H,8-10H2,2-6H3/t12-,13+,14+,16+/m0/s1. The number of rotatable bonds is 3. The van der Waals surface area contributed by atoms with Gasteiger partial charge in [0.05, 0.1) is 5.60 Å². The molecule has 2 nitrogen and oxygen atoms in total. The molecule has 1 fully saturated rings. The van der Waals surface area contributed by atoms with E-state index in [9.17, 15) is 10.2 Å². The summed E-state index contributed by atoms with van der Waals surface area (Å²) in [5, 5.41) is 20.7. The Labute approximate surface area is 112 Å². The maximum absolute atomic E-state index is 10.9. The second-order valence-electron chi connectivity index (χ2n) is 7.20. The van der Waals surface area contributed by atoms with Gasteiger partial charge in [0.15, 0.2) is 0 Å². The first-order valence-electron chi connectivity index (χ1n) is 6.95. The lowest BCUT2D eigenvalue weighted by Crippen LogP contribution is -2.44. The first kappa shape index (κ1) is 15.5. The van der Waals surface area contributed by atoms with E-state index in [-0.39, 0.29) is 29.8 Å². The van der Waals surface area contributed by atoms with E-state index < -0.39 is 5.60 Å². The van der Waals surface area contributed by atoms with Crippen LogP contribution in [0.2, 0.25) is 0 Å². The minimum absolute atomic E-state index is 0.0394. The predicted octanol–water partition coefficient (Wildman–Crippen LogP) is 2.69. The van der Waals surface area contributed by atoms with E-state index in [1.165, 1.54) is 0 Å². The lowest BCUT2D eigenvalue weighted by molar-refractivity contribution is -0.0759. The van der Waals surface area contributed by atoms with Crippen LogP contribution in [0.1, 0.15) is 47.5 Å². The Morgan fingerprint density at radius 1 is 1.39 bits per heavy atom. The van der Waals surface area contributed by atoms with Gasteiger partial charge in [-0.1, -0.05) is 34.6 Å². The lowest BCUT2D eigenvalue weighted by atomic mass is 9.68. The summed E-state index contributed by atoms with van der Waals surface area (Å²) in [7, 11) is 0. The van der Waals surface area contributed by atoms with Gasteiger partial charge in [-0.15, -0.1) is 12.3 Å². The molecule has 0 spiro atoms. The molecule has 1 aliphatic rings.